The SMILES string of the molecule is CCOc1cc(C(=O)N/N=C/c2cc(I)c(OCC(N)=O)c(OC)c2)ccc1OC. The minimum atomic E-state index is -0.591. The molecule has 30 heavy (non-hydrogen) atoms. The Balaban J connectivity index is 2.12. The largest absolute Gasteiger partial charge is 0.493 e. The van der Waals surface area contributed by atoms with Gasteiger partial charge < -0.3 is 24.7 Å². The van der Waals surface area contributed by atoms with E-state index >= 15 is 0 Å². The van der Waals surface area contributed by atoms with Crippen molar-refractivity contribution < 1.29 is 28.5 Å². The van der Waals surface area contributed by atoms with E-state index in [2.05, 4.69) is 10.5 Å². The van der Waals surface area contributed by atoms with Gasteiger partial charge in [-0.3, -0.25) is 9.59 Å². The van der Waals surface area contributed by atoms with Crippen molar-refractivity contribution in [1.29, 1.82) is 0 Å². The number of carbonyl (C=O) groups is 2. The van der Waals surface area contributed by atoms with Crippen LogP contribution in [-0.4, -0.2) is 45.5 Å². The third-order valence-corrected chi connectivity index (χ3v) is 4.52. The highest BCUT2D eigenvalue weighted by Gasteiger charge is 2.13. The van der Waals surface area contributed by atoms with Crippen LogP contribution in [0.1, 0.15) is 22.8 Å². The summed E-state index contributed by atoms with van der Waals surface area (Å²) in [7, 11) is 3.01. The van der Waals surface area contributed by atoms with Gasteiger partial charge in [0.05, 0.1) is 30.6 Å². The van der Waals surface area contributed by atoms with E-state index in [1.807, 2.05) is 29.5 Å². The molecule has 0 aliphatic carbocycles. The van der Waals surface area contributed by atoms with E-state index in [9.17, 15) is 9.59 Å². The fourth-order valence-corrected chi connectivity index (χ4v) is 3.20. The molecule has 0 bridgehead atoms. The zero-order chi connectivity index (χ0) is 22.1. The van der Waals surface area contributed by atoms with Gasteiger partial charge in [0.25, 0.3) is 11.8 Å². The number of benzene rings is 2. The third kappa shape index (κ3) is 6.24. The second-order valence-corrected chi connectivity index (χ2v) is 6.95. The number of nitrogens with zero attached hydrogens (tertiary/aromatic N) is 1. The van der Waals surface area contributed by atoms with Crippen molar-refractivity contribution in [3.05, 3.63) is 45.0 Å². The van der Waals surface area contributed by atoms with Gasteiger partial charge in [0.2, 0.25) is 0 Å². The van der Waals surface area contributed by atoms with Gasteiger partial charge in [-0.05, 0) is 65.4 Å². The second kappa shape index (κ2) is 11.2. The summed E-state index contributed by atoms with van der Waals surface area (Å²) in [6.07, 6.45) is 1.47. The fraction of sp³-hybridized carbons (Fsp3) is 0.250. The average Bonchev–Trinajstić information content (AvgIpc) is 2.72. The van der Waals surface area contributed by atoms with E-state index in [-0.39, 0.29) is 6.61 Å². The van der Waals surface area contributed by atoms with Crippen molar-refractivity contribution in [2.75, 3.05) is 27.4 Å². The number of hydrogen-bond acceptors (Lipinski definition) is 7. The van der Waals surface area contributed by atoms with Gasteiger partial charge in [0.1, 0.15) is 0 Å². The van der Waals surface area contributed by atoms with Crippen LogP contribution >= 0.6 is 22.6 Å². The maximum absolute atomic E-state index is 12.4. The van der Waals surface area contributed by atoms with Crippen LogP contribution < -0.4 is 30.1 Å². The Morgan fingerprint density at radius 3 is 2.47 bits per heavy atom. The minimum Gasteiger partial charge on any atom is -0.493 e. The maximum atomic E-state index is 12.4. The molecule has 160 valence electrons. The molecule has 0 unspecified atom stereocenters. The van der Waals surface area contributed by atoms with E-state index in [4.69, 9.17) is 24.7 Å². The Hall–Kier alpha value is -3.02. The van der Waals surface area contributed by atoms with E-state index in [0.29, 0.717) is 44.3 Å². The zero-order valence-corrected chi connectivity index (χ0v) is 18.9. The van der Waals surface area contributed by atoms with Crippen molar-refractivity contribution in [2.45, 2.75) is 6.92 Å². The molecular formula is C20H22IN3O6. The molecule has 2 aromatic carbocycles. The highest BCUT2D eigenvalue weighted by atomic mass is 127. The van der Waals surface area contributed by atoms with Crippen molar-refractivity contribution in [2.24, 2.45) is 10.8 Å². The first kappa shape index (κ1) is 23.3. The van der Waals surface area contributed by atoms with Crippen molar-refractivity contribution in [1.82, 2.24) is 5.43 Å². The molecule has 10 heteroatoms. The standard InChI is InChI=1S/C20H22IN3O6/c1-4-29-16-9-13(5-6-15(16)27-2)20(26)24-23-10-12-7-14(21)19(17(8-12)28-3)30-11-18(22)25/h5-10H,4,11H2,1-3H3,(H2,22,25)(H,24,26)/b23-10+. The predicted molar refractivity (Wildman–Crippen MR) is 120 cm³/mol. The number of rotatable bonds is 10. The van der Waals surface area contributed by atoms with E-state index in [1.165, 1.54) is 20.4 Å². The van der Waals surface area contributed by atoms with Gasteiger partial charge in [-0.1, -0.05) is 0 Å². The number of carbonyl (C=O) groups excluding carboxylic acids is 2. The number of methoxy groups -OCH3 is 2. The summed E-state index contributed by atoms with van der Waals surface area (Å²) >= 11 is 2.04. The monoisotopic (exact) mass is 527 g/mol. The van der Waals surface area contributed by atoms with E-state index in [0.717, 1.165) is 0 Å². The van der Waals surface area contributed by atoms with E-state index in [1.54, 1.807) is 30.3 Å². The number of hydrazone groups is 1. The fourth-order valence-electron chi connectivity index (χ4n) is 2.41. The Morgan fingerprint density at radius 1 is 1.10 bits per heavy atom. The third-order valence-electron chi connectivity index (χ3n) is 3.72. The van der Waals surface area contributed by atoms with Crippen LogP contribution in [0.2, 0.25) is 0 Å². The summed E-state index contributed by atoms with van der Waals surface area (Å²) in [5.41, 5.74) is 8.61. The molecular weight excluding hydrogens is 505 g/mol. The molecule has 2 amide bonds. The molecule has 9 nitrogen and oxygen atoms in total. The number of hydrogen-bond donors (Lipinski definition) is 2. The maximum Gasteiger partial charge on any atom is 0.271 e. The summed E-state index contributed by atoms with van der Waals surface area (Å²) in [5, 5.41) is 3.99. The Labute approximate surface area is 187 Å². The Kier molecular flexibility index (Phi) is 8.71. The highest BCUT2D eigenvalue weighted by molar-refractivity contribution is 14.1. The van der Waals surface area contributed by atoms with Crippen LogP contribution in [0.3, 0.4) is 0 Å². The smallest absolute Gasteiger partial charge is 0.271 e. The topological polar surface area (TPSA) is 121 Å². The summed E-state index contributed by atoms with van der Waals surface area (Å²) in [5.74, 6) is 0.831. The van der Waals surface area contributed by atoms with Crippen molar-refractivity contribution >= 4 is 40.6 Å². The normalized spacial score (nSPS) is 10.5. The molecule has 0 spiro atoms. The minimum absolute atomic E-state index is 0.262. The molecule has 2 rings (SSSR count). The zero-order valence-electron chi connectivity index (χ0n) is 16.7. The summed E-state index contributed by atoms with van der Waals surface area (Å²) in [4.78, 5) is 23.3. The number of amides is 2. The van der Waals surface area contributed by atoms with Gasteiger partial charge >= 0.3 is 0 Å². The van der Waals surface area contributed by atoms with Crippen molar-refractivity contribution in [3.8, 4) is 23.0 Å². The van der Waals surface area contributed by atoms with Gasteiger partial charge in [-0.2, -0.15) is 5.10 Å². The molecule has 0 heterocycles. The van der Waals surface area contributed by atoms with Gasteiger partial charge in [0, 0.05) is 5.56 Å². The van der Waals surface area contributed by atoms with Crippen LogP contribution in [0.15, 0.2) is 35.4 Å². The lowest BCUT2D eigenvalue weighted by Crippen LogP contribution is -2.20. The molecule has 0 aliphatic rings. The first-order valence-corrected chi connectivity index (χ1v) is 9.90. The molecule has 0 atom stereocenters. The van der Waals surface area contributed by atoms with Crippen LogP contribution in [-0.2, 0) is 4.79 Å². The number of nitrogens with two attached hydrogens (primary N) is 1. The van der Waals surface area contributed by atoms with Gasteiger partial charge in [0.15, 0.2) is 29.6 Å². The molecule has 2 aromatic rings. The second-order valence-electron chi connectivity index (χ2n) is 5.79. The number of ether oxygens (including phenoxy) is 4. The quantitative estimate of drug-likeness (QED) is 0.278. The first-order chi connectivity index (χ1) is 14.4. The summed E-state index contributed by atoms with van der Waals surface area (Å²) in [6.45, 7) is 2.02. The van der Waals surface area contributed by atoms with Crippen LogP contribution in [0.25, 0.3) is 0 Å². The predicted octanol–water partition coefficient (Wildman–Crippen LogP) is 2.34. The molecule has 0 fully saturated rings. The summed E-state index contributed by atoms with van der Waals surface area (Å²) in [6, 6.07) is 8.28. The van der Waals surface area contributed by atoms with Gasteiger partial charge in [-0.25, -0.2) is 5.43 Å². The van der Waals surface area contributed by atoms with E-state index < -0.39 is 11.8 Å². The Morgan fingerprint density at radius 2 is 1.83 bits per heavy atom. The number of nitrogens with one attached hydrogen (secondary N) is 1. The number of primary amides is 1. The average molecular weight is 527 g/mol. The lowest BCUT2D eigenvalue weighted by atomic mass is 10.2. The molecule has 0 aromatic heterocycles. The molecule has 0 aliphatic heterocycles. The van der Waals surface area contributed by atoms with Crippen LogP contribution in [0, 0.1) is 3.57 Å². The molecule has 0 saturated heterocycles. The Bertz CT molecular complexity index is 948. The summed E-state index contributed by atoms with van der Waals surface area (Å²) < 4.78 is 22.1. The molecule has 0 radical (unpaired) electrons. The molecule has 3 N–H and O–H groups in total. The lowest BCUT2D eigenvalue weighted by Gasteiger charge is -2.12. The van der Waals surface area contributed by atoms with Crippen LogP contribution in [0.5, 0.6) is 23.0 Å². The van der Waals surface area contributed by atoms with Crippen molar-refractivity contribution in [3.63, 3.8) is 0 Å². The number of halogens is 1. The molecule has 0 saturated carbocycles. The highest BCUT2D eigenvalue weighted by Crippen LogP contribution is 2.33. The van der Waals surface area contributed by atoms with Crippen LogP contribution in [0.4, 0.5) is 0 Å². The first-order valence-electron chi connectivity index (χ1n) is 8.82. The van der Waals surface area contributed by atoms with Gasteiger partial charge in [-0.15, -0.1) is 0 Å². The lowest BCUT2D eigenvalue weighted by molar-refractivity contribution is -0.119.